The lowest BCUT2D eigenvalue weighted by molar-refractivity contribution is -0.137. The molecule has 0 radical (unpaired) electrons. The SMILES string of the molecule is CC(=O)N(c1ccccc1)c1nc(/C=C/C(=O)Nc2cc(C(F)(F)F)ccc2N(C)C)cs1. The van der Waals surface area contributed by atoms with Crippen molar-refractivity contribution in [1.29, 1.82) is 0 Å². The van der Waals surface area contributed by atoms with Crippen molar-refractivity contribution in [2.75, 3.05) is 29.2 Å². The number of amides is 2. The van der Waals surface area contributed by atoms with Gasteiger partial charge < -0.3 is 10.2 Å². The number of hydrogen-bond acceptors (Lipinski definition) is 5. The molecule has 172 valence electrons. The molecule has 0 fully saturated rings. The number of benzene rings is 2. The monoisotopic (exact) mass is 474 g/mol. The predicted octanol–water partition coefficient (Wildman–Crippen LogP) is 5.56. The molecule has 6 nitrogen and oxygen atoms in total. The topological polar surface area (TPSA) is 65.5 Å². The summed E-state index contributed by atoms with van der Waals surface area (Å²) in [5.74, 6) is -0.831. The summed E-state index contributed by atoms with van der Waals surface area (Å²) >= 11 is 1.23. The lowest BCUT2D eigenvalue weighted by Crippen LogP contribution is -2.22. The van der Waals surface area contributed by atoms with Gasteiger partial charge >= 0.3 is 6.18 Å². The molecule has 0 aliphatic heterocycles. The van der Waals surface area contributed by atoms with Gasteiger partial charge in [-0.25, -0.2) is 4.98 Å². The van der Waals surface area contributed by atoms with Crippen LogP contribution in [0.15, 0.2) is 60.0 Å². The number of thiazole rings is 1. The van der Waals surface area contributed by atoms with Crippen LogP contribution >= 0.6 is 11.3 Å². The zero-order valence-electron chi connectivity index (χ0n) is 18.1. The zero-order valence-corrected chi connectivity index (χ0v) is 18.9. The van der Waals surface area contributed by atoms with Gasteiger partial charge in [-0.05, 0) is 36.4 Å². The third-order valence-electron chi connectivity index (χ3n) is 4.50. The van der Waals surface area contributed by atoms with Gasteiger partial charge in [0.25, 0.3) is 0 Å². The van der Waals surface area contributed by atoms with Gasteiger partial charge in [0, 0.05) is 32.5 Å². The fraction of sp³-hybridized carbons (Fsp3) is 0.174. The number of nitrogens with zero attached hydrogens (tertiary/aromatic N) is 3. The molecule has 0 bridgehead atoms. The minimum absolute atomic E-state index is 0.0373. The minimum Gasteiger partial charge on any atom is -0.376 e. The second kappa shape index (κ2) is 9.86. The van der Waals surface area contributed by atoms with Crippen LogP contribution < -0.4 is 15.1 Å². The van der Waals surface area contributed by atoms with Crippen LogP contribution in [0.1, 0.15) is 18.2 Å². The third kappa shape index (κ3) is 5.98. The molecule has 3 aromatic rings. The average molecular weight is 475 g/mol. The van der Waals surface area contributed by atoms with Crippen LogP contribution in [0.25, 0.3) is 6.08 Å². The Morgan fingerprint density at radius 2 is 1.79 bits per heavy atom. The van der Waals surface area contributed by atoms with Crippen molar-refractivity contribution in [3.05, 3.63) is 71.2 Å². The summed E-state index contributed by atoms with van der Waals surface area (Å²) in [5, 5.41) is 4.60. The van der Waals surface area contributed by atoms with Crippen molar-refractivity contribution in [3.63, 3.8) is 0 Å². The quantitative estimate of drug-likeness (QED) is 0.475. The second-order valence-corrected chi connectivity index (χ2v) is 8.03. The van der Waals surface area contributed by atoms with E-state index in [0.717, 1.165) is 12.1 Å². The highest BCUT2D eigenvalue weighted by Gasteiger charge is 2.31. The van der Waals surface area contributed by atoms with Crippen molar-refractivity contribution in [1.82, 2.24) is 4.98 Å². The van der Waals surface area contributed by atoms with Crippen LogP contribution in [-0.2, 0) is 15.8 Å². The van der Waals surface area contributed by atoms with Crippen molar-refractivity contribution in [2.45, 2.75) is 13.1 Å². The summed E-state index contributed by atoms with van der Waals surface area (Å²) in [6.07, 6.45) is -1.92. The highest BCUT2D eigenvalue weighted by Crippen LogP contribution is 2.35. The highest BCUT2D eigenvalue weighted by atomic mass is 32.1. The first-order chi connectivity index (χ1) is 15.6. The van der Waals surface area contributed by atoms with Crippen LogP contribution in [0.3, 0.4) is 0 Å². The Bertz CT molecular complexity index is 1170. The molecule has 0 saturated carbocycles. The van der Waals surface area contributed by atoms with Crippen molar-refractivity contribution in [3.8, 4) is 0 Å². The molecule has 0 aliphatic rings. The first-order valence-electron chi connectivity index (χ1n) is 9.75. The molecule has 10 heteroatoms. The Labute approximate surface area is 193 Å². The lowest BCUT2D eigenvalue weighted by Gasteiger charge is -2.19. The number of halogens is 3. The number of carbonyl (C=O) groups excluding carboxylic acids is 2. The Balaban J connectivity index is 1.78. The van der Waals surface area contributed by atoms with E-state index in [4.69, 9.17) is 0 Å². The largest absolute Gasteiger partial charge is 0.416 e. The molecule has 3 rings (SSSR count). The number of para-hydroxylation sites is 1. The highest BCUT2D eigenvalue weighted by molar-refractivity contribution is 7.14. The molecule has 1 aromatic heterocycles. The summed E-state index contributed by atoms with van der Waals surface area (Å²) in [7, 11) is 3.33. The van der Waals surface area contributed by atoms with Crippen LogP contribution in [0.4, 0.5) is 35.4 Å². The molecule has 33 heavy (non-hydrogen) atoms. The van der Waals surface area contributed by atoms with Gasteiger partial charge in [0.1, 0.15) is 0 Å². The maximum absolute atomic E-state index is 13.1. The number of nitrogens with one attached hydrogen (secondary N) is 1. The van der Waals surface area contributed by atoms with Crippen molar-refractivity contribution < 1.29 is 22.8 Å². The standard InChI is InChI=1S/C23H21F3N4O2S/c1-15(31)30(18-7-5-4-6-8-18)22-27-17(14-33-22)10-12-21(32)28-19-13-16(23(24,25)26)9-11-20(19)29(2)3/h4-14H,1-3H3,(H,28,32)/b12-10+. The van der Waals surface area contributed by atoms with Gasteiger partial charge in [-0.1, -0.05) is 18.2 Å². The molecule has 2 aromatic carbocycles. The smallest absolute Gasteiger partial charge is 0.376 e. The molecule has 0 spiro atoms. The average Bonchev–Trinajstić information content (AvgIpc) is 3.20. The molecule has 2 amide bonds. The summed E-state index contributed by atoms with van der Waals surface area (Å²) in [5.41, 5.74) is 0.704. The maximum Gasteiger partial charge on any atom is 0.416 e. The first kappa shape index (κ1) is 24.0. The van der Waals surface area contributed by atoms with Gasteiger partial charge in [0.05, 0.1) is 28.3 Å². The fourth-order valence-electron chi connectivity index (χ4n) is 3.00. The van der Waals surface area contributed by atoms with E-state index in [1.54, 1.807) is 48.6 Å². The lowest BCUT2D eigenvalue weighted by atomic mass is 10.1. The third-order valence-corrected chi connectivity index (χ3v) is 5.34. The van der Waals surface area contributed by atoms with Gasteiger partial charge in [-0.15, -0.1) is 11.3 Å². The van der Waals surface area contributed by atoms with Crippen LogP contribution in [0, 0.1) is 0 Å². The Morgan fingerprint density at radius 3 is 2.39 bits per heavy atom. The second-order valence-electron chi connectivity index (χ2n) is 7.19. The van der Waals surface area contributed by atoms with E-state index in [1.165, 1.54) is 41.4 Å². The number of rotatable bonds is 6. The molecular weight excluding hydrogens is 453 g/mol. The van der Waals surface area contributed by atoms with E-state index in [0.29, 0.717) is 22.2 Å². The van der Waals surface area contributed by atoms with E-state index < -0.39 is 17.6 Å². The van der Waals surface area contributed by atoms with E-state index in [-0.39, 0.29) is 11.6 Å². The summed E-state index contributed by atoms with van der Waals surface area (Å²) < 4.78 is 39.2. The predicted molar refractivity (Wildman–Crippen MR) is 125 cm³/mol. The molecule has 0 saturated heterocycles. The Kier molecular flexibility index (Phi) is 7.17. The van der Waals surface area contributed by atoms with Crippen LogP contribution in [-0.4, -0.2) is 30.9 Å². The molecule has 1 N–H and O–H groups in total. The van der Waals surface area contributed by atoms with Gasteiger partial charge in [-0.3, -0.25) is 14.5 Å². The van der Waals surface area contributed by atoms with Crippen molar-refractivity contribution >= 4 is 51.4 Å². The van der Waals surface area contributed by atoms with Crippen LogP contribution in [0.2, 0.25) is 0 Å². The molecule has 0 atom stereocenters. The maximum atomic E-state index is 13.1. The van der Waals surface area contributed by atoms with Gasteiger partial charge in [0.2, 0.25) is 11.8 Å². The normalized spacial score (nSPS) is 11.5. The fourth-order valence-corrected chi connectivity index (χ4v) is 3.85. The number of hydrogen-bond donors (Lipinski definition) is 1. The van der Waals surface area contributed by atoms with Gasteiger partial charge in [-0.2, -0.15) is 13.2 Å². The van der Waals surface area contributed by atoms with Crippen LogP contribution in [0.5, 0.6) is 0 Å². The Hall–Kier alpha value is -3.66. The molecule has 0 aliphatic carbocycles. The molecule has 0 unspecified atom stereocenters. The first-order valence-corrected chi connectivity index (χ1v) is 10.6. The summed E-state index contributed by atoms with van der Waals surface area (Å²) in [4.78, 5) is 32.0. The number of carbonyl (C=O) groups is 2. The number of aromatic nitrogens is 1. The number of anilines is 4. The van der Waals surface area contributed by atoms with E-state index in [1.807, 2.05) is 6.07 Å². The van der Waals surface area contributed by atoms with Gasteiger partial charge in [0.15, 0.2) is 5.13 Å². The van der Waals surface area contributed by atoms with E-state index in [9.17, 15) is 22.8 Å². The van der Waals surface area contributed by atoms with Crippen molar-refractivity contribution in [2.24, 2.45) is 0 Å². The van der Waals surface area contributed by atoms with E-state index >= 15 is 0 Å². The van der Waals surface area contributed by atoms with E-state index in [2.05, 4.69) is 10.3 Å². The minimum atomic E-state index is -4.53. The molecular formula is C23H21F3N4O2S. The Morgan fingerprint density at radius 1 is 1.09 bits per heavy atom. The number of alkyl halides is 3. The molecule has 1 heterocycles. The summed E-state index contributed by atoms with van der Waals surface area (Å²) in [6.45, 7) is 1.43. The summed E-state index contributed by atoms with van der Waals surface area (Å²) in [6, 6.07) is 12.2. The zero-order chi connectivity index (χ0) is 24.2.